The van der Waals surface area contributed by atoms with Gasteiger partial charge in [-0.05, 0) is 68.3 Å². The molecule has 0 aromatic heterocycles. The molecule has 24 heavy (non-hydrogen) atoms. The largest absolute Gasteiger partial charge is 0.385 e. The Kier molecular flexibility index (Phi) is 3.71. The standard InChI is InChI=1S/C22H30O2/c1-4-9-22(24)11-8-19-20-14(2)12-15-13-16(23)5-6-17(15)18(20)7-10-21(19,22)3/h9,14,18-20,24H,1,5-8,10-13H2,2-3H3/t14-,18-,19+,20-,21+,22+/m1/s1. The number of ketones is 1. The monoisotopic (exact) mass is 326 g/mol. The summed E-state index contributed by atoms with van der Waals surface area (Å²) in [6.07, 6.45) is 9.61. The van der Waals surface area contributed by atoms with E-state index in [0.717, 1.165) is 38.5 Å². The van der Waals surface area contributed by atoms with Gasteiger partial charge in [0.25, 0.3) is 0 Å². The molecule has 4 aliphatic rings. The molecular weight excluding hydrogens is 296 g/mol. The van der Waals surface area contributed by atoms with Crippen molar-refractivity contribution in [2.45, 2.75) is 70.8 Å². The molecule has 2 fully saturated rings. The Morgan fingerprint density at radius 2 is 2.08 bits per heavy atom. The number of carbonyl (C=O) groups is 1. The van der Waals surface area contributed by atoms with E-state index in [-0.39, 0.29) is 5.41 Å². The predicted molar refractivity (Wildman–Crippen MR) is 95.4 cm³/mol. The average Bonchev–Trinajstić information content (AvgIpc) is 2.79. The van der Waals surface area contributed by atoms with Crippen molar-refractivity contribution < 1.29 is 9.90 Å². The number of Topliss-reactive ketones (excluding diaryl/α,β-unsaturated/α-hetero) is 1. The Bertz CT molecular complexity index is 653. The van der Waals surface area contributed by atoms with Crippen molar-refractivity contribution in [3.63, 3.8) is 0 Å². The molecule has 0 unspecified atom stereocenters. The summed E-state index contributed by atoms with van der Waals surface area (Å²) < 4.78 is 0. The number of fused-ring (bicyclic) bond motifs is 4. The summed E-state index contributed by atoms with van der Waals surface area (Å²) in [5, 5.41) is 11.3. The number of hydrogen-bond donors (Lipinski definition) is 1. The lowest BCUT2D eigenvalue weighted by molar-refractivity contribution is -0.119. The second-order valence-corrected chi connectivity index (χ2v) is 9.08. The minimum atomic E-state index is -0.735. The Labute approximate surface area is 145 Å². The van der Waals surface area contributed by atoms with Crippen LogP contribution in [-0.2, 0) is 4.79 Å². The fraction of sp³-hybridized carbons (Fsp3) is 0.727. The van der Waals surface area contributed by atoms with Crippen LogP contribution in [-0.4, -0.2) is 16.5 Å². The topological polar surface area (TPSA) is 37.3 Å². The summed E-state index contributed by atoms with van der Waals surface area (Å²) in [6, 6.07) is 0. The molecule has 0 saturated heterocycles. The van der Waals surface area contributed by atoms with Crippen molar-refractivity contribution in [2.24, 2.45) is 29.1 Å². The third-order valence-corrected chi connectivity index (χ3v) is 8.10. The van der Waals surface area contributed by atoms with Crippen LogP contribution in [0.25, 0.3) is 0 Å². The molecule has 1 N–H and O–H groups in total. The first-order valence-corrected chi connectivity index (χ1v) is 9.71. The van der Waals surface area contributed by atoms with E-state index in [2.05, 4.69) is 26.2 Å². The van der Waals surface area contributed by atoms with Gasteiger partial charge in [-0.3, -0.25) is 4.79 Å². The highest BCUT2D eigenvalue weighted by Crippen LogP contribution is 2.65. The van der Waals surface area contributed by atoms with Gasteiger partial charge in [0, 0.05) is 18.3 Å². The maximum absolute atomic E-state index is 11.9. The molecule has 6 atom stereocenters. The normalized spacial score (nSPS) is 47.5. The summed E-state index contributed by atoms with van der Waals surface area (Å²) in [5.74, 6) is 2.96. The molecule has 2 heteroatoms. The number of rotatable bonds is 1. The van der Waals surface area contributed by atoms with Crippen LogP contribution in [0, 0.1) is 29.1 Å². The minimum absolute atomic E-state index is 0.0460. The first kappa shape index (κ1) is 16.4. The van der Waals surface area contributed by atoms with Crippen molar-refractivity contribution in [3.05, 3.63) is 29.5 Å². The Balaban J connectivity index is 1.71. The lowest BCUT2D eigenvalue weighted by Crippen LogP contribution is -2.52. The van der Waals surface area contributed by atoms with Crippen LogP contribution in [0.3, 0.4) is 0 Å². The van der Waals surface area contributed by atoms with Gasteiger partial charge in [0.1, 0.15) is 5.78 Å². The first-order chi connectivity index (χ1) is 11.4. The highest BCUT2D eigenvalue weighted by Gasteiger charge is 2.61. The molecule has 130 valence electrons. The van der Waals surface area contributed by atoms with Crippen LogP contribution in [0.4, 0.5) is 0 Å². The van der Waals surface area contributed by atoms with Crippen LogP contribution >= 0.6 is 0 Å². The zero-order valence-corrected chi connectivity index (χ0v) is 15.1. The molecule has 0 aliphatic heterocycles. The van der Waals surface area contributed by atoms with Gasteiger partial charge in [-0.2, -0.15) is 0 Å². The predicted octanol–water partition coefficient (Wildman–Crippen LogP) is 4.59. The second-order valence-electron chi connectivity index (χ2n) is 9.08. The molecule has 0 aromatic carbocycles. The van der Waals surface area contributed by atoms with Crippen molar-refractivity contribution in [3.8, 4) is 0 Å². The van der Waals surface area contributed by atoms with Gasteiger partial charge < -0.3 is 5.11 Å². The van der Waals surface area contributed by atoms with E-state index in [1.807, 2.05) is 6.08 Å². The number of aliphatic hydroxyl groups is 1. The fourth-order valence-corrected chi connectivity index (χ4v) is 6.92. The van der Waals surface area contributed by atoms with E-state index in [4.69, 9.17) is 0 Å². The summed E-state index contributed by atoms with van der Waals surface area (Å²) in [6.45, 7) is 8.40. The number of carbonyl (C=O) groups excluding carboxylic acids is 1. The first-order valence-electron chi connectivity index (χ1n) is 9.71. The Hall–Kier alpha value is -1.11. The van der Waals surface area contributed by atoms with Crippen molar-refractivity contribution in [1.82, 2.24) is 0 Å². The fourth-order valence-electron chi connectivity index (χ4n) is 6.92. The molecule has 4 rings (SSSR count). The van der Waals surface area contributed by atoms with E-state index in [1.54, 1.807) is 5.57 Å². The van der Waals surface area contributed by atoms with Crippen LogP contribution in [0.5, 0.6) is 0 Å². The third-order valence-electron chi connectivity index (χ3n) is 8.10. The maximum atomic E-state index is 11.9. The zero-order chi connectivity index (χ0) is 17.1. The van der Waals surface area contributed by atoms with Crippen LogP contribution < -0.4 is 0 Å². The van der Waals surface area contributed by atoms with Crippen molar-refractivity contribution in [1.29, 1.82) is 0 Å². The van der Waals surface area contributed by atoms with Crippen LogP contribution in [0.1, 0.15) is 65.2 Å². The lowest BCUT2D eigenvalue weighted by atomic mass is 9.50. The zero-order valence-electron chi connectivity index (χ0n) is 15.1. The molecule has 4 aliphatic carbocycles. The molecule has 2 nitrogen and oxygen atoms in total. The molecule has 0 heterocycles. The second kappa shape index (κ2) is 5.44. The van der Waals surface area contributed by atoms with Gasteiger partial charge in [-0.15, -0.1) is 5.73 Å². The SMILES string of the molecule is C=C=C[C@]1(O)CC[C@H]2[C@@H]3[C@H](C)CC4=C(CCC(=O)C4)[C@H]3CC[C@@]21C. The summed E-state index contributed by atoms with van der Waals surface area (Å²) in [4.78, 5) is 11.9. The smallest absolute Gasteiger partial charge is 0.137 e. The molecule has 0 radical (unpaired) electrons. The Morgan fingerprint density at radius 1 is 1.29 bits per heavy atom. The highest BCUT2D eigenvalue weighted by atomic mass is 16.3. The van der Waals surface area contributed by atoms with E-state index in [0.29, 0.717) is 35.9 Å². The quantitative estimate of drug-likeness (QED) is 0.565. The van der Waals surface area contributed by atoms with Gasteiger partial charge in [0.2, 0.25) is 0 Å². The van der Waals surface area contributed by atoms with Gasteiger partial charge in [-0.1, -0.05) is 31.6 Å². The molecule has 0 spiro atoms. The summed E-state index contributed by atoms with van der Waals surface area (Å²) in [7, 11) is 0. The average molecular weight is 326 g/mol. The van der Waals surface area contributed by atoms with Crippen molar-refractivity contribution in [2.75, 3.05) is 0 Å². The van der Waals surface area contributed by atoms with Gasteiger partial charge >= 0.3 is 0 Å². The van der Waals surface area contributed by atoms with Gasteiger partial charge in [0.05, 0.1) is 5.60 Å². The van der Waals surface area contributed by atoms with Crippen LogP contribution in [0.2, 0.25) is 0 Å². The molecule has 2 saturated carbocycles. The number of allylic oxidation sites excluding steroid dienone is 2. The summed E-state index contributed by atoms with van der Waals surface area (Å²) >= 11 is 0. The minimum Gasteiger partial charge on any atom is -0.385 e. The summed E-state index contributed by atoms with van der Waals surface area (Å²) in [5.41, 5.74) is 5.20. The molecule has 0 aromatic rings. The molecular formula is C22H30O2. The third kappa shape index (κ3) is 2.09. The van der Waals surface area contributed by atoms with E-state index in [9.17, 15) is 9.90 Å². The maximum Gasteiger partial charge on any atom is 0.137 e. The van der Waals surface area contributed by atoms with E-state index in [1.165, 1.54) is 12.0 Å². The lowest BCUT2D eigenvalue weighted by Gasteiger charge is -2.55. The van der Waals surface area contributed by atoms with Crippen molar-refractivity contribution >= 4 is 5.78 Å². The van der Waals surface area contributed by atoms with E-state index >= 15 is 0 Å². The van der Waals surface area contributed by atoms with Gasteiger partial charge in [-0.25, -0.2) is 0 Å². The Morgan fingerprint density at radius 3 is 2.83 bits per heavy atom. The van der Waals surface area contributed by atoms with Crippen LogP contribution in [0.15, 0.2) is 29.5 Å². The highest BCUT2D eigenvalue weighted by molar-refractivity contribution is 5.82. The van der Waals surface area contributed by atoms with E-state index < -0.39 is 5.60 Å². The number of hydrogen-bond acceptors (Lipinski definition) is 2. The molecule has 0 bridgehead atoms. The van der Waals surface area contributed by atoms with Gasteiger partial charge in [0.15, 0.2) is 0 Å². The molecule has 0 amide bonds.